The van der Waals surface area contributed by atoms with E-state index in [0.717, 1.165) is 12.0 Å². The number of aliphatic hydroxyl groups excluding tert-OH is 2. The van der Waals surface area contributed by atoms with Gasteiger partial charge in [-0.3, -0.25) is 19.3 Å². The highest BCUT2D eigenvalue weighted by atomic mass is 16.4. The fourth-order valence-electron chi connectivity index (χ4n) is 6.69. The summed E-state index contributed by atoms with van der Waals surface area (Å²) in [5, 5.41) is 45.8. The highest BCUT2D eigenvalue weighted by molar-refractivity contribution is 6.25. The van der Waals surface area contributed by atoms with Crippen LogP contribution in [0.4, 0.5) is 5.69 Å². The fourth-order valence-corrected chi connectivity index (χ4v) is 6.69. The zero-order valence-electron chi connectivity index (χ0n) is 24.7. The number of nitrogens with two attached hydrogens (primary N) is 2. The van der Waals surface area contributed by atoms with Crippen molar-refractivity contribution in [3.05, 3.63) is 57.1 Å². The highest BCUT2D eigenvalue weighted by Gasteiger charge is 2.70. The van der Waals surface area contributed by atoms with Gasteiger partial charge in [-0.15, -0.1) is 0 Å². The molecule has 0 fully saturated rings. The van der Waals surface area contributed by atoms with E-state index in [1.54, 1.807) is 25.1 Å². The number of primary amides is 1. The van der Waals surface area contributed by atoms with Crippen molar-refractivity contribution in [1.82, 2.24) is 4.90 Å². The molecule has 0 radical (unpaired) electrons. The molecule has 0 saturated carbocycles. The minimum atomic E-state index is -2.96. The maximum atomic E-state index is 14.1. The second-order valence-corrected chi connectivity index (χ2v) is 11.5. The number of anilines is 1. The zero-order chi connectivity index (χ0) is 31.5. The lowest BCUT2D eigenvalue weighted by Gasteiger charge is -2.56. The lowest BCUT2D eigenvalue weighted by Crippen LogP contribution is -2.79. The number of phenols is 1. The first-order valence-electron chi connectivity index (χ1n) is 13.8. The second kappa shape index (κ2) is 10.6. The SMILES string of the molecule is CC/C=C(/C#Cc1cc(N(C)C)c2c(c1O)C(=O)C1=C(O)[C@]3(O)C(=O)C(C(N)=O)=C(O)[C@@H](N(C)C)[C@]3(N)C[C@@H]1C2)CC. The second-order valence-electron chi connectivity index (χ2n) is 11.5. The number of phenolic OH excluding ortho intramolecular Hbond substituents is 1. The molecule has 0 heterocycles. The third-order valence-corrected chi connectivity index (χ3v) is 8.56. The third-order valence-electron chi connectivity index (χ3n) is 8.56. The van der Waals surface area contributed by atoms with Crippen LogP contribution < -0.4 is 16.4 Å². The van der Waals surface area contributed by atoms with Crippen molar-refractivity contribution < 1.29 is 34.8 Å². The van der Waals surface area contributed by atoms with Gasteiger partial charge in [-0.1, -0.05) is 31.8 Å². The number of aliphatic hydroxyl groups is 3. The van der Waals surface area contributed by atoms with Crippen LogP contribution in [0.3, 0.4) is 0 Å². The van der Waals surface area contributed by atoms with Crippen LogP contribution in [-0.4, -0.2) is 88.2 Å². The number of amides is 1. The monoisotopic (exact) mass is 578 g/mol. The van der Waals surface area contributed by atoms with E-state index >= 15 is 0 Å². The van der Waals surface area contributed by atoms with E-state index in [1.165, 1.54) is 19.0 Å². The Morgan fingerprint density at radius 3 is 2.33 bits per heavy atom. The molecule has 0 unspecified atom stereocenters. The summed E-state index contributed by atoms with van der Waals surface area (Å²) in [5.74, 6) is -0.435. The van der Waals surface area contributed by atoms with Gasteiger partial charge in [0.15, 0.2) is 5.78 Å². The maximum absolute atomic E-state index is 14.1. The largest absolute Gasteiger partial charge is 0.510 e. The van der Waals surface area contributed by atoms with E-state index in [-0.39, 0.29) is 35.3 Å². The predicted octanol–water partition coefficient (Wildman–Crippen LogP) is 1.37. The molecule has 1 aromatic carbocycles. The summed E-state index contributed by atoms with van der Waals surface area (Å²) < 4.78 is 0. The van der Waals surface area contributed by atoms with E-state index in [4.69, 9.17) is 11.5 Å². The summed E-state index contributed by atoms with van der Waals surface area (Å²) in [6.45, 7) is 3.95. The van der Waals surface area contributed by atoms with Gasteiger partial charge in [0.25, 0.3) is 5.91 Å². The van der Waals surface area contributed by atoms with Gasteiger partial charge < -0.3 is 36.8 Å². The lowest BCUT2D eigenvalue weighted by atomic mass is 9.54. The summed E-state index contributed by atoms with van der Waals surface area (Å²) in [4.78, 5) is 43.2. The van der Waals surface area contributed by atoms with Crippen LogP contribution in [0.25, 0.3) is 0 Å². The maximum Gasteiger partial charge on any atom is 0.255 e. The summed E-state index contributed by atoms with van der Waals surface area (Å²) in [6, 6.07) is 0.381. The molecule has 0 aromatic heterocycles. The van der Waals surface area contributed by atoms with Crippen LogP contribution in [-0.2, 0) is 16.0 Å². The van der Waals surface area contributed by atoms with Crippen molar-refractivity contribution in [3.63, 3.8) is 0 Å². The first-order valence-corrected chi connectivity index (χ1v) is 13.8. The number of hydrogen-bond acceptors (Lipinski definition) is 10. The van der Waals surface area contributed by atoms with Crippen molar-refractivity contribution in [2.24, 2.45) is 17.4 Å². The Bertz CT molecular complexity index is 1560. The van der Waals surface area contributed by atoms with Crippen LogP contribution in [0, 0.1) is 17.8 Å². The van der Waals surface area contributed by atoms with E-state index in [9.17, 15) is 34.8 Å². The minimum absolute atomic E-state index is 0.102. The number of carbonyl (C=O) groups excluding carboxylic acids is 3. The van der Waals surface area contributed by atoms with Gasteiger partial charge >= 0.3 is 0 Å². The molecule has 0 spiro atoms. The molecule has 42 heavy (non-hydrogen) atoms. The summed E-state index contributed by atoms with van der Waals surface area (Å²) in [5.41, 5.74) is 8.01. The smallest absolute Gasteiger partial charge is 0.255 e. The molecule has 4 atom stereocenters. The van der Waals surface area contributed by atoms with E-state index in [2.05, 4.69) is 11.8 Å². The number of Topliss-reactive ketones (excluding diaryl/α,β-unsaturated/α-hetero) is 2. The number of benzene rings is 1. The molecule has 8 N–H and O–H groups in total. The number of carbonyl (C=O) groups is 3. The summed E-state index contributed by atoms with van der Waals surface area (Å²) in [7, 11) is 6.61. The summed E-state index contributed by atoms with van der Waals surface area (Å²) >= 11 is 0. The Labute approximate surface area is 244 Å². The number of likely N-dealkylation sites (N-methyl/N-ethyl adjacent to an activating group) is 1. The summed E-state index contributed by atoms with van der Waals surface area (Å²) in [6.07, 6.45) is 3.34. The van der Waals surface area contributed by atoms with Crippen LogP contribution in [0.1, 0.15) is 54.6 Å². The fraction of sp³-hybridized carbons (Fsp3) is 0.452. The number of aromatic hydroxyl groups is 1. The topological polar surface area (TPSA) is 191 Å². The molecular formula is C31H38N4O7. The number of ketones is 2. The van der Waals surface area contributed by atoms with Crippen LogP contribution >= 0.6 is 0 Å². The molecule has 3 aliphatic carbocycles. The normalized spacial score (nSPS) is 27.3. The van der Waals surface area contributed by atoms with Crippen LogP contribution in [0.15, 0.2) is 40.4 Å². The molecular weight excluding hydrogens is 540 g/mol. The quantitative estimate of drug-likeness (QED) is 0.220. The van der Waals surface area contributed by atoms with E-state index < -0.39 is 57.7 Å². The predicted molar refractivity (Wildman–Crippen MR) is 157 cm³/mol. The van der Waals surface area contributed by atoms with E-state index in [0.29, 0.717) is 17.7 Å². The van der Waals surface area contributed by atoms with Gasteiger partial charge in [0.05, 0.1) is 22.7 Å². The first kappa shape index (κ1) is 30.8. The number of hydrogen-bond donors (Lipinski definition) is 6. The number of fused-ring (bicyclic) bond motifs is 3. The number of nitrogens with zero attached hydrogens (tertiary/aromatic N) is 2. The van der Waals surface area contributed by atoms with Crippen molar-refractivity contribution in [1.29, 1.82) is 0 Å². The molecule has 4 rings (SSSR count). The van der Waals surface area contributed by atoms with Crippen LogP contribution in [0.2, 0.25) is 0 Å². The Hall–Kier alpha value is -4.11. The molecule has 11 heteroatoms. The molecule has 0 aliphatic heterocycles. The minimum Gasteiger partial charge on any atom is -0.510 e. The van der Waals surface area contributed by atoms with Gasteiger partial charge in [0.2, 0.25) is 11.4 Å². The van der Waals surface area contributed by atoms with Crippen LogP contribution in [0.5, 0.6) is 5.75 Å². The van der Waals surface area contributed by atoms with Gasteiger partial charge in [0.1, 0.15) is 22.8 Å². The molecule has 224 valence electrons. The third kappa shape index (κ3) is 4.21. The average molecular weight is 579 g/mol. The molecule has 11 nitrogen and oxygen atoms in total. The van der Waals surface area contributed by atoms with E-state index in [1.807, 2.05) is 19.9 Å². The zero-order valence-corrected chi connectivity index (χ0v) is 24.7. The Balaban J connectivity index is 2.01. The molecule has 0 saturated heterocycles. The Kier molecular flexibility index (Phi) is 7.80. The molecule has 0 bridgehead atoms. The highest BCUT2D eigenvalue weighted by Crippen LogP contribution is 2.54. The molecule has 1 amide bonds. The number of allylic oxidation sites excluding steroid dienone is 3. The van der Waals surface area contributed by atoms with Crippen molar-refractivity contribution in [2.75, 3.05) is 33.1 Å². The molecule has 3 aliphatic rings. The Morgan fingerprint density at radius 1 is 1.17 bits per heavy atom. The lowest BCUT2D eigenvalue weighted by molar-refractivity contribution is -0.152. The van der Waals surface area contributed by atoms with Crippen molar-refractivity contribution in [2.45, 2.75) is 56.7 Å². The average Bonchev–Trinajstić information content (AvgIpc) is 2.89. The van der Waals surface area contributed by atoms with Crippen molar-refractivity contribution >= 4 is 23.2 Å². The number of rotatable bonds is 5. The molecule has 1 aromatic rings. The van der Waals surface area contributed by atoms with Gasteiger partial charge in [-0.05, 0) is 62.9 Å². The standard InChI is InChI=1S/C31H38N4O7/c1-7-9-15(8-2)10-11-16-13-19(34(3)4)18-12-17-14-30(33)26(35(5)6)25(38)22(29(32)41)28(40)31(30,42)27(39)20(17)24(37)21(18)23(16)36/h9,13,17,26,36,38-39,42H,7-8,12,14,33H2,1-6H3,(H2,32,41)/b15-9+/t17-,26+,30+,31-/m0/s1. The van der Waals surface area contributed by atoms with Gasteiger partial charge in [-0.2, -0.15) is 0 Å². The van der Waals surface area contributed by atoms with Gasteiger partial charge in [-0.25, -0.2) is 0 Å². The van der Waals surface area contributed by atoms with Crippen molar-refractivity contribution in [3.8, 4) is 17.6 Å². The van der Waals surface area contributed by atoms with Gasteiger partial charge in [0, 0.05) is 25.4 Å². The Morgan fingerprint density at radius 2 is 1.81 bits per heavy atom. The first-order chi connectivity index (χ1) is 19.6.